The number of aromatic amines is 1. The van der Waals surface area contributed by atoms with E-state index in [2.05, 4.69) is 34.2 Å². The molecule has 5 nitrogen and oxygen atoms in total. The van der Waals surface area contributed by atoms with Crippen LogP contribution in [0.3, 0.4) is 0 Å². The Hall–Kier alpha value is -2.65. The van der Waals surface area contributed by atoms with E-state index >= 15 is 0 Å². The van der Waals surface area contributed by atoms with Crippen LogP contribution in [0.15, 0.2) is 29.1 Å². The van der Waals surface area contributed by atoms with Gasteiger partial charge in [0.15, 0.2) is 0 Å². The van der Waals surface area contributed by atoms with E-state index in [0.717, 1.165) is 40.2 Å². The lowest BCUT2D eigenvalue weighted by Crippen LogP contribution is -2.53. The van der Waals surface area contributed by atoms with Gasteiger partial charge in [-0.2, -0.15) is 5.26 Å². The van der Waals surface area contributed by atoms with E-state index in [9.17, 15) is 10.1 Å². The average molecular weight is 376 g/mol. The van der Waals surface area contributed by atoms with E-state index in [-0.39, 0.29) is 11.6 Å². The van der Waals surface area contributed by atoms with Gasteiger partial charge in [-0.25, -0.2) is 4.98 Å². The first-order valence-electron chi connectivity index (χ1n) is 9.31. The summed E-state index contributed by atoms with van der Waals surface area (Å²) in [5.41, 5.74) is 2.40. The Labute approximate surface area is 161 Å². The van der Waals surface area contributed by atoms with Crippen molar-refractivity contribution in [1.82, 2.24) is 9.97 Å². The number of nitriles is 1. The lowest BCUT2D eigenvalue weighted by atomic mass is 9.71. The molecule has 27 heavy (non-hydrogen) atoms. The van der Waals surface area contributed by atoms with Crippen molar-refractivity contribution in [2.45, 2.75) is 44.6 Å². The van der Waals surface area contributed by atoms with Gasteiger partial charge in [-0.05, 0) is 43.9 Å². The summed E-state index contributed by atoms with van der Waals surface area (Å²) in [6, 6.07) is 10.9. The molecule has 2 atom stereocenters. The number of fused-ring (bicyclic) bond motifs is 4. The quantitative estimate of drug-likeness (QED) is 0.704. The fourth-order valence-electron chi connectivity index (χ4n) is 4.80. The third kappa shape index (κ3) is 2.15. The predicted octanol–water partition coefficient (Wildman–Crippen LogP) is 3.59. The van der Waals surface area contributed by atoms with E-state index in [0.29, 0.717) is 17.6 Å². The summed E-state index contributed by atoms with van der Waals surface area (Å²) in [6.07, 6.45) is 2.57. The van der Waals surface area contributed by atoms with Gasteiger partial charge in [0.05, 0.1) is 17.5 Å². The molecular formula is C21H20N4OS. The standard InChI is InChI=1S/C21H20N4OS/c1-12-13(2)27-19-17(12)18(26)23-20(24-19)21(11-22)10-14-6-3-4-7-15(14)25-9-5-8-16(21)25/h3-4,6-7,16H,5,8-10H2,1-2H3,(H,23,24,26)/t16-,21+/m1/s1. The zero-order valence-corrected chi connectivity index (χ0v) is 16.2. The van der Waals surface area contributed by atoms with Crippen molar-refractivity contribution in [2.75, 3.05) is 11.4 Å². The lowest BCUT2D eigenvalue weighted by Gasteiger charge is -2.44. The van der Waals surface area contributed by atoms with Crippen molar-refractivity contribution in [3.8, 4) is 6.07 Å². The van der Waals surface area contributed by atoms with Crippen LogP contribution in [0.4, 0.5) is 5.69 Å². The van der Waals surface area contributed by atoms with Crippen LogP contribution in [-0.4, -0.2) is 22.6 Å². The molecule has 0 radical (unpaired) electrons. The van der Waals surface area contributed by atoms with E-state index < -0.39 is 5.41 Å². The van der Waals surface area contributed by atoms with Gasteiger partial charge in [0.2, 0.25) is 0 Å². The van der Waals surface area contributed by atoms with E-state index in [4.69, 9.17) is 4.98 Å². The second-order valence-corrected chi connectivity index (χ2v) is 8.82. The van der Waals surface area contributed by atoms with Crippen LogP contribution < -0.4 is 10.5 Å². The van der Waals surface area contributed by atoms with Crippen molar-refractivity contribution < 1.29 is 0 Å². The van der Waals surface area contributed by atoms with Crippen molar-refractivity contribution in [3.63, 3.8) is 0 Å². The summed E-state index contributed by atoms with van der Waals surface area (Å²) in [5.74, 6) is 0.523. The smallest absolute Gasteiger partial charge is 0.259 e. The topological polar surface area (TPSA) is 72.8 Å². The second kappa shape index (κ2) is 5.67. The minimum atomic E-state index is -0.829. The molecule has 0 aliphatic carbocycles. The van der Waals surface area contributed by atoms with Crippen LogP contribution in [0.5, 0.6) is 0 Å². The number of nitrogens with one attached hydrogen (secondary N) is 1. The summed E-state index contributed by atoms with van der Waals surface area (Å²) in [6.45, 7) is 4.91. The van der Waals surface area contributed by atoms with Crippen molar-refractivity contribution in [3.05, 3.63) is 56.4 Å². The summed E-state index contributed by atoms with van der Waals surface area (Å²) in [4.78, 5) is 24.9. The van der Waals surface area contributed by atoms with Crippen molar-refractivity contribution in [2.24, 2.45) is 0 Å². The second-order valence-electron chi connectivity index (χ2n) is 7.62. The van der Waals surface area contributed by atoms with Crippen LogP contribution in [-0.2, 0) is 11.8 Å². The highest BCUT2D eigenvalue weighted by molar-refractivity contribution is 7.18. The number of rotatable bonds is 1. The summed E-state index contributed by atoms with van der Waals surface area (Å²) in [7, 11) is 0. The van der Waals surface area contributed by atoms with Gasteiger partial charge in [-0.15, -0.1) is 11.3 Å². The fourth-order valence-corrected chi connectivity index (χ4v) is 5.83. The lowest BCUT2D eigenvalue weighted by molar-refractivity contribution is 0.390. The normalized spacial score (nSPS) is 23.9. The Kier molecular flexibility index (Phi) is 3.47. The number of hydrogen-bond donors (Lipinski definition) is 1. The monoisotopic (exact) mass is 376 g/mol. The zero-order chi connectivity index (χ0) is 18.8. The molecule has 1 saturated heterocycles. The summed E-state index contributed by atoms with van der Waals surface area (Å²) in [5, 5.41) is 11.0. The number of para-hydroxylation sites is 1. The maximum absolute atomic E-state index is 12.9. The van der Waals surface area contributed by atoms with Crippen LogP contribution in [0.25, 0.3) is 10.2 Å². The number of aromatic nitrogens is 2. The first-order chi connectivity index (χ1) is 13.0. The number of H-pyrrole nitrogens is 1. The minimum absolute atomic E-state index is 0.0418. The number of nitrogens with zero attached hydrogens (tertiary/aromatic N) is 3. The molecule has 0 bridgehead atoms. The Morgan fingerprint density at radius 1 is 1.37 bits per heavy atom. The molecule has 3 aromatic rings. The summed E-state index contributed by atoms with van der Waals surface area (Å²) >= 11 is 1.54. The fraction of sp³-hybridized carbons (Fsp3) is 0.381. The molecule has 2 aliphatic rings. The van der Waals surface area contributed by atoms with Crippen LogP contribution in [0.1, 0.15) is 34.7 Å². The molecule has 2 aromatic heterocycles. The maximum atomic E-state index is 12.9. The molecular weight excluding hydrogens is 356 g/mol. The van der Waals surface area contributed by atoms with E-state index in [1.165, 1.54) is 17.0 Å². The average Bonchev–Trinajstić information content (AvgIpc) is 3.27. The van der Waals surface area contributed by atoms with Crippen LogP contribution >= 0.6 is 11.3 Å². The van der Waals surface area contributed by atoms with Gasteiger partial charge in [-0.1, -0.05) is 18.2 Å². The Morgan fingerprint density at radius 2 is 2.19 bits per heavy atom. The molecule has 0 saturated carbocycles. The number of aryl methyl sites for hydroxylation is 2. The van der Waals surface area contributed by atoms with Crippen molar-refractivity contribution in [1.29, 1.82) is 5.26 Å². The molecule has 0 unspecified atom stereocenters. The molecule has 1 fully saturated rings. The first-order valence-corrected chi connectivity index (χ1v) is 10.1. The molecule has 6 heteroatoms. The third-order valence-electron chi connectivity index (χ3n) is 6.25. The van der Waals surface area contributed by atoms with Gasteiger partial charge in [-0.3, -0.25) is 4.79 Å². The molecule has 4 heterocycles. The maximum Gasteiger partial charge on any atom is 0.259 e. The van der Waals surface area contributed by atoms with Crippen molar-refractivity contribution >= 4 is 27.2 Å². The molecule has 1 aromatic carbocycles. The van der Waals surface area contributed by atoms with E-state index in [1.54, 1.807) is 0 Å². The third-order valence-corrected chi connectivity index (χ3v) is 7.35. The molecule has 1 N–H and O–H groups in total. The van der Waals surface area contributed by atoms with E-state index in [1.807, 2.05) is 19.9 Å². The predicted molar refractivity (Wildman–Crippen MR) is 108 cm³/mol. The van der Waals surface area contributed by atoms with Gasteiger partial charge in [0, 0.05) is 23.5 Å². The molecule has 2 aliphatic heterocycles. The molecule has 0 amide bonds. The highest BCUT2D eigenvalue weighted by Crippen LogP contribution is 2.46. The summed E-state index contributed by atoms with van der Waals surface area (Å²) < 4.78 is 0. The SMILES string of the molecule is Cc1sc2nc([C@]3(C#N)Cc4ccccc4N4CCC[C@@H]43)[nH]c(=O)c2c1C. The van der Waals surface area contributed by atoms with Gasteiger partial charge < -0.3 is 9.88 Å². The Bertz CT molecular complexity index is 1170. The number of benzene rings is 1. The van der Waals surface area contributed by atoms with Crippen LogP contribution in [0, 0.1) is 25.2 Å². The van der Waals surface area contributed by atoms with Crippen LogP contribution in [0.2, 0.25) is 0 Å². The molecule has 136 valence electrons. The number of thiophene rings is 1. The number of hydrogen-bond acceptors (Lipinski definition) is 5. The Balaban J connectivity index is 1.77. The highest BCUT2D eigenvalue weighted by Gasteiger charge is 2.51. The molecule has 0 spiro atoms. The zero-order valence-electron chi connectivity index (χ0n) is 15.4. The highest BCUT2D eigenvalue weighted by atomic mass is 32.1. The van der Waals surface area contributed by atoms with Gasteiger partial charge in [0.1, 0.15) is 16.1 Å². The number of anilines is 1. The largest absolute Gasteiger partial charge is 0.366 e. The Morgan fingerprint density at radius 3 is 3.00 bits per heavy atom. The minimum Gasteiger partial charge on any atom is -0.366 e. The van der Waals surface area contributed by atoms with Gasteiger partial charge in [0.25, 0.3) is 5.56 Å². The first kappa shape index (κ1) is 16.5. The molecule has 5 rings (SSSR count). The van der Waals surface area contributed by atoms with Gasteiger partial charge >= 0.3 is 0 Å².